The second-order valence-electron chi connectivity index (χ2n) is 2.99. The van der Waals surface area contributed by atoms with E-state index in [1.807, 2.05) is 30.3 Å². The van der Waals surface area contributed by atoms with E-state index < -0.39 is 0 Å². The highest BCUT2D eigenvalue weighted by Gasteiger charge is 2.15. The molecular weight excluding hydrogens is 186 g/mol. The molecule has 0 heterocycles. The minimum atomic E-state index is -0.214. The molecule has 0 aromatic heterocycles. The Balaban J connectivity index is 2.62. The van der Waals surface area contributed by atoms with Crippen molar-refractivity contribution in [3.63, 3.8) is 0 Å². The first-order valence-electron chi connectivity index (χ1n) is 4.31. The standard InChI is InChI=1S/C10H14ClNO/c11-10(9(12)6-7-13)8-4-2-1-3-5-8/h1-5,9-10,13H,6-7,12H2. The summed E-state index contributed by atoms with van der Waals surface area (Å²) in [6.45, 7) is 0.0806. The molecule has 0 saturated heterocycles. The van der Waals surface area contributed by atoms with Gasteiger partial charge in [-0.15, -0.1) is 11.6 Å². The summed E-state index contributed by atoms with van der Waals surface area (Å²) >= 11 is 6.10. The summed E-state index contributed by atoms with van der Waals surface area (Å²) in [4.78, 5) is 0. The van der Waals surface area contributed by atoms with E-state index in [0.717, 1.165) is 5.56 Å². The predicted octanol–water partition coefficient (Wildman–Crippen LogP) is 1.68. The van der Waals surface area contributed by atoms with E-state index in [2.05, 4.69) is 0 Å². The molecule has 0 bridgehead atoms. The lowest BCUT2D eigenvalue weighted by molar-refractivity contribution is 0.274. The van der Waals surface area contributed by atoms with Gasteiger partial charge in [-0.1, -0.05) is 30.3 Å². The average molecular weight is 200 g/mol. The van der Waals surface area contributed by atoms with Crippen molar-refractivity contribution in [2.75, 3.05) is 6.61 Å². The second-order valence-corrected chi connectivity index (χ2v) is 3.46. The van der Waals surface area contributed by atoms with Crippen LogP contribution in [-0.2, 0) is 0 Å². The van der Waals surface area contributed by atoms with Crippen LogP contribution in [0.5, 0.6) is 0 Å². The maximum atomic E-state index is 8.69. The Kier molecular flexibility index (Phi) is 4.22. The number of alkyl halides is 1. The fourth-order valence-corrected chi connectivity index (χ4v) is 1.45. The van der Waals surface area contributed by atoms with Crippen LogP contribution in [0.3, 0.4) is 0 Å². The summed E-state index contributed by atoms with van der Waals surface area (Å²) in [7, 11) is 0. The molecule has 0 amide bonds. The van der Waals surface area contributed by atoms with Crippen LogP contribution in [-0.4, -0.2) is 17.8 Å². The first-order valence-corrected chi connectivity index (χ1v) is 4.75. The molecule has 72 valence electrons. The zero-order valence-corrected chi connectivity index (χ0v) is 8.11. The zero-order chi connectivity index (χ0) is 9.68. The van der Waals surface area contributed by atoms with Crippen LogP contribution in [0.25, 0.3) is 0 Å². The van der Waals surface area contributed by atoms with Crippen LogP contribution in [0.4, 0.5) is 0 Å². The van der Waals surface area contributed by atoms with E-state index in [1.54, 1.807) is 0 Å². The minimum Gasteiger partial charge on any atom is -0.396 e. The SMILES string of the molecule is NC(CCO)C(Cl)c1ccccc1. The maximum Gasteiger partial charge on any atom is 0.0737 e. The van der Waals surface area contributed by atoms with Crippen molar-refractivity contribution in [3.8, 4) is 0 Å². The van der Waals surface area contributed by atoms with Crippen molar-refractivity contribution in [3.05, 3.63) is 35.9 Å². The molecule has 0 fully saturated rings. The van der Waals surface area contributed by atoms with Gasteiger partial charge < -0.3 is 10.8 Å². The van der Waals surface area contributed by atoms with Crippen LogP contribution in [0, 0.1) is 0 Å². The molecule has 2 nitrogen and oxygen atoms in total. The van der Waals surface area contributed by atoms with Crippen molar-refractivity contribution in [1.82, 2.24) is 0 Å². The van der Waals surface area contributed by atoms with E-state index in [0.29, 0.717) is 6.42 Å². The van der Waals surface area contributed by atoms with Gasteiger partial charge in [-0.05, 0) is 12.0 Å². The molecule has 1 aromatic carbocycles. The van der Waals surface area contributed by atoms with Crippen molar-refractivity contribution in [2.24, 2.45) is 5.73 Å². The number of rotatable bonds is 4. The first-order chi connectivity index (χ1) is 6.25. The molecule has 2 unspecified atom stereocenters. The Morgan fingerprint density at radius 3 is 2.46 bits per heavy atom. The highest BCUT2D eigenvalue weighted by Crippen LogP contribution is 2.24. The fourth-order valence-electron chi connectivity index (χ4n) is 1.18. The van der Waals surface area contributed by atoms with Crippen LogP contribution in [0.2, 0.25) is 0 Å². The number of hydrogen-bond acceptors (Lipinski definition) is 2. The minimum absolute atomic E-state index is 0.0806. The quantitative estimate of drug-likeness (QED) is 0.725. The molecule has 0 radical (unpaired) electrons. The Hall–Kier alpha value is -0.570. The van der Waals surface area contributed by atoms with E-state index in [-0.39, 0.29) is 18.0 Å². The van der Waals surface area contributed by atoms with Crippen LogP contribution in [0.1, 0.15) is 17.4 Å². The summed E-state index contributed by atoms with van der Waals surface area (Å²) in [5, 5.41) is 8.48. The number of halogens is 1. The third-order valence-corrected chi connectivity index (χ3v) is 2.53. The number of nitrogens with two attached hydrogens (primary N) is 1. The highest BCUT2D eigenvalue weighted by atomic mass is 35.5. The van der Waals surface area contributed by atoms with Gasteiger partial charge in [0.1, 0.15) is 0 Å². The van der Waals surface area contributed by atoms with Gasteiger partial charge in [-0.2, -0.15) is 0 Å². The van der Waals surface area contributed by atoms with Gasteiger partial charge in [0.15, 0.2) is 0 Å². The average Bonchev–Trinajstić information content (AvgIpc) is 2.18. The number of aliphatic hydroxyl groups excluding tert-OH is 1. The normalized spacial score (nSPS) is 15.3. The Labute approximate surface area is 83.3 Å². The lowest BCUT2D eigenvalue weighted by atomic mass is 10.0. The van der Waals surface area contributed by atoms with Gasteiger partial charge in [-0.3, -0.25) is 0 Å². The van der Waals surface area contributed by atoms with E-state index in [9.17, 15) is 0 Å². The van der Waals surface area contributed by atoms with Gasteiger partial charge in [0, 0.05) is 12.6 Å². The topological polar surface area (TPSA) is 46.2 Å². The van der Waals surface area contributed by atoms with Crippen molar-refractivity contribution < 1.29 is 5.11 Å². The smallest absolute Gasteiger partial charge is 0.0737 e. The highest BCUT2D eigenvalue weighted by molar-refractivity contribution is 6.21. The zero-order valence-electron chi connectivity index (χ0n) is 7.36. The Morgan fingerprint density at radius 1 is 1.31 bits per heavy atom. The number of benzene rings is 1. The molecule has 13 heavy (non-hydrogen) atoms. The fraction of sp³-hybridized carbons (Fsp3) is 0.400. The summed E-state index contributed by atoms with van der Waals surface area (Å²) in [5.74, 6) is 0. The molecule has 0 aliphatic rings. The molecule has 3 heteroatoms. The van der Waals surface area contributed by atoms with Gasteiger partial charge in [-0.25, -0.2) is 0 Å². The lowest BCUT2D eigenvalue weighted by Crippen LogP contribution is -2.26. The molecule has 0 spiro atoms. The molecule has 1 aromatic rings. The van der Waals surface area contributed by atoms with Gasteiger partial charge >= 0.3 is 0 Å². The lowest BCUT2D eigenvalue weighted by Gasteiger charge is -2.16. The molecule has 0 aliphatic carbocycles. The first kappa shape index (κ1) is 10.5. The van der Waals surface area contributed by atoms with Crippen molar-refractivity contribution in [2.45, 2.75) is 17.8 Å². The largest absolute Gasteiger partial charge is 0.396 e. The van der Waals surface area contributed by atoms with Gasteiger partial charge in [0.05, 0.1) is 5.38 Å². The Morgan fingerprint density at radius 2 is 1.92 bits per heavy atom. The Bertz CT molecular complexity index is 240. The van der Waals surface area contributed by atoms with Crippen LogP contribution >= 0.6 is 11.6 Å². The molecule has 1 rings (SSSR count). The third-order valence-electron chi connectivity index (χ3n) is 1.96. The molecule has 0 saturated carbocycles. The van der Waals surface area contributed by atoms with Crippen molar-refractivity contribution >= 4 is 11.6 Å². The molecule has 3 N–H and O–H groups in total. The van der Waals surface area contributed by atoms with Crippen molar-refractivity contribution in [1.29, 1.82) is 0 Å². The summed E-state index contributed by atoms with van der Waals surface area (Å²) in [5.41, 5.74) is 6.77. The number of aliphatic hydroxyl groups is 1. The van der Waals surface area contributed by atoms with Crippen LogP contribution in [0.15, 0.2) is 30.3 Å². The van der Waals surface area contributed by atoms with E-state index in [1.165, 1.54) is 0 Å². The number of hydrogen-bond donors (Lipinski definition) is 2. The van der Waals surface area contributed by atoms with Crippen LogP contribution < -0.4 is 5.73 Å². The maximum absolute atomic E-state index is 8.69. The van der Waals surface area contributed by atoms with E-state index >= 15 is 0 Å². The summed E-state index contributed by atoms with van der Waals surface area (Å²) in [6.07, 6.45) is 0.531. The summed E-state index contributed by atoms with van der Waals surface area (Å²) in [6, 6.07) is 9.48. The second kappa shape index (κ2) is 5.22. The molecule has 0 aliphatic heterocycles. The van der Waals surface area contributed by atoms with Gasteiger partial charge in [0.2, 0.25) is 0 Å². The monoisotopic (exact) mass is 199 g/mol. The molecule has 2 atom stereocenters. The molecular formula is C10H14ClNO. The predicted molar refractivity (Wildman–Crippen MR) is 54.7 cm³/mol. The van der Waals surface area contributed by atoms with E-state index in [4.69, 9.17) is 22.4 Å². The summed E-state index contributed by atoms with van der Waals surface area (Å²) < 4.78 is 0. The van der Waals surface area contributed by atoms with Gasteiger partial charge in [0.25, 0.3) is 0 Å². The third kappa shape index (κ3) is 2.99.